The second kappa shape index (κ2) is 6.42. The molecule has 9 heteroatoms. The number of aromatic amines is 1. The molecule has 0 amide bonds. The Bertz CT molecular complexity index is 1030. The van der Waals surface area contributed by atoms with Gasteiger partial charge in [-0.25, -0.2) is 5.10 Å². The molecule has 6 nitrogen and oxygen atoms in total. The van der Waals surface area contributed by atoms with Crippen LogP contribution in [-0.2, 0) is 19.3 Å². The summed E-state index contributed by atoms with van der Waals surface area (Å²) in [5, 5.41) is 5.39. The van der Waals surface area contributed by atoms with Gasteiger partial charge in [-0.1, -0.05) is 12.1 Å². The molecular formula is C18H13F3N4O2. The number of hydrogen-bond acceptors (Lipinski definition) is 5. The van der Waals surface area contributed by atoms with Crippen molar-refractivity contribution in [1.82, 2.24) is 15.2 Å². The molecule has 0 fully saturated rings. The molecule has 1 aliphatic heterocycles. The number of halogens is 3. The summed E-state index contributed by atoms with van der Waals surface area (Å²) in [6.07, 6.45) is -0.593. The largest absolute Gasteiger partial charge is 0.455 e. The van der Waals surface area contributed by atoms with Gasteiger partial charge in [0.2, 0.25) is 0 Å². The number of rotatable bonds is 3. The van der Waals surface area contributed by atoms with E-state index in [1.807, 2.05) is 11.2 Å². The monoisotopic (exact) mass is 374 g/mol. The molecule has 3 aromatic rings. The van der Waals surface area contributed by atoms with Crippen LogP contribution in [0.2, 0.25) is 0 Å². The molecule has 0 saturated carbocycles. The fourth-order valence-corrected chi connectivity index (χ4v) is 3.09. The van der Waals surface area contributed by atoms with E-state index in [1.165, 1.54) is 4.90 Å². The number of ether oxygens (including phenoxy) is 1. The maximum atomic E-state index is 13.4. The number of anilines is 1. The highest BCUT2D eigenvalue weighted by Gasteiger charge is 2.39. The Kier molecular flexibility index (Phi) is 4.06. The standard InChI is InChI=1S/C18H13F3N4O2/c19-18(20,21)16-14(8-23-24-17(16)26)25-9-11-3-1-5-15(13(11)10-25)27-12-4-2-6-22-7-12/h1-8H,9-10H2,(H,24,26). The van der Waals surface area contributed by atoms with Crippen LogP contribution < -0.4 is 15.2 Å². The van der Waals surface area contributed by atoms with Crippen LogP contribution in [0.1, 0.15) is 16.7 Å². The SMILES string of the molecule is O=c1[nH]ncc(N2Cc3cccc(Oc4cccnc4)c3C2)c1C(F)(F)F. The Labute approximate surface area is 151 Å². The fourth-order valence-electron chi connectivity index (χ4n) is 3.09. The first kappa shape index (κ1) is 17.1. The smallest absolute Gasteiger partial charge is 0.423 e. The van der Waals surface area contributed by atoms with Gasteiger partial charge in [-0.15, -0.1) is 0 Å². The minimum Gasteiger partial charge on any atom is -0.455 e. The lowest BCUT2D eigenvalue weighted by molar-refractivity contribution is -0.138. The number of pyridine rings is 1. The molecule has 1 N–H and O–H groups in total. The maximum Gasteiger partial charge on any atom is 0.423 e. The van der Waals surface area contributed by atoms with Gasteiger partial charge in [-0.2, -0.15) is 18.3 Å². The van der Waals surface area contributed by atoms with Crippen molar-refractivity contribution in [2.24, 2.45) is 0 Å². The zero-order valence-corrected chi connectivity index (χ0v) is 13.8. The first-order valence-corrected chi connectivity index (χ1v) is 8.02. The summed E-state index contributed by atoms with van der Waals surface area (Å²) in [6.45, 7) is 0.383. The Hall–Kier alpha value is -3.36. The quantitative estimate of drug-likeness (QED) is 0.760. The third-order valence-corrected chi connectivity index (χ3v) is 4.26. The summed E-state index contributed by atoms with van der Waals surface area (Å²) in [6, 6.07) is 8.80. The number of H-pyrrole nitrogens is 1. The van der Waals surface area contributed by atoms with E-state index in [1.54, 1.807) is 36.7 Å². The number of hydrogen-bond donors (Lipinski definition) is 1. The van der Waals surface area contributed by atoms with Gasteiger partial charge in [0.05, 0.1) is 18.1 Å². The topological polar surface area (TPSA) is 71.1 Å². The van der Waals surface area contributed by atoms with Crippen LogP contribution in [-0.4, -0.2) is 15.2 Å². The molecule has 2 aromatic heterocycles. The Balaban J connectivity index is 1.69. The number of aromatic nitrogens is 3. The lowest BCUT2D eigenvalue weighted by Gasteiger charge is -2.21. The Morgan fingerprint density at radius 1 is 1.11 bits per heavy atom. The molecule has 0 bridgehead atoms. The van der Waals surface area contributed by atoms with Crippen LogP contribution in [0, 0.1) is 0 Å². The van der Waals surface area contributed by atoms with Gasteiger partial charge in [0.1, 0.15) is 17.1 Å². The van der Waals surface area contributed by atoms with Gasteiger partial charge in [0.25, 0.3) is 5.56 Å². The van der Waals surface area contributed by atoms with Gasteiger partial charge in [0, 0.05) is 24.8 Å². The highest BCUT2D eigenvalue weighted by Crippen LogP contribution is 2.39. The van der Waals surface area contributed by atoms with Crippen molar-refractivity contribution < 1.29 is 17.9 Å². The molecular weight excluding hydrogens is 361 g/mol. The van der Waals surface area contributed by atoms with Gasteiger partial charge in [-0.3, -0.25) is 9.78 Å². The van der Waals surface area contributed by atoms with E-state index in [4.69, 9.17) is 4.74 Å². The van der Waals surface area contributed by atoms with Crippen LogP contribution in [0.3, 0.4) is 0 Å². The Morgan fingerprint density at radius 3 is 2.70 bits per heavy atom. The molecule has 138 valence electrons. The van der Waals surface area contributed by atoms with E-state index in [2.05, 4.69) is 10.1 Å². The lowest BCUT2D eigenvalue weighted by Crippen LogP contribution is -2.28. The lowest BCUT2D eigenvalue weighted by atomic mass is 10.1. The van der Waals surface area contributed by atoms with Crippen LogP contribution in [0.25, 0.3) is 0 Å². The predicted octanol–water partition coefficient (Wildman–Crippen LogP) is 3.50. The average molecular weight is 374 g/mol. The third kappa shape index (κ3) is 3.23. The van der Waals surface area contributed by atoms with Crippen molar-refractivity contribution >= 4 is 5.69 Å². The molecule has 3 heterocycles. The van der Waals surface area contributed by atoms with Crippen molar-refractivity contribution in [3.8, 4) is 11.5 Å². The fraction of sp³-hybridized carbons (Fsp3) is 0.167. The van der Waals surface area contributed by atoms with E-state index in [0.717, 1.165) is 17.3 Å². The average Bonchev–Trinajstić information content (AvgIpc) is 3.06. The highest BCUT2D eigenvalue weighted by molar-refractivity contribution is 5.58. The second-order valence-corrected chi connectivity index (χ2v) is 6.00. The van der Waals surface area contributed by atoms with Crippen molar-refractivity contribution in [3.05, 3.63) is 76.0 Å². The molecule has 0 atom stereocenters. The van der Waals surface area contributed by atoms with Crippen molar-refractivity contribution in [1.29, 1.82) is 0 Å². The van der Waals surface area contributed by atoms with Crippen molar-refractivity contribution in [3.63, 3.8) is 0 Å². The highest BCUT2D eigenvalue weighted by atomic mass is 19.4. The number of benzene rings is 1. The van der Waals surface area contributed by atoms with E-state index in [-0.39, 0.29) is 18.8 Å². The van der Waals surface area contributed by atoms with Crippen molar-refractivity contribution in [2.75, 3.05) is 4.90 Å². The number of alkyl halides is 3. The molecule has 27 heavy (non-hydrogen) atoms. The zero-order chi connectivity index (χ0) is 19.0. The molecule has 4 rings (SSSR count). The van der Waals surface area contributed by atoms with Gasteiger partial charge < -0.3 is 9.64 Å². The van der Waals surface area contributed by atoms with E-state index < -0.39 is 17.3 Å². The normalized spacial score (nSPS) is 13.5. The summed E-state index contributed by atoms with van der Waals surface area (Å²) >= 11 is 0. The van der Waals surface area contributed by atoms with Gasteiger partial charge in [-0.05, 0) is 23.8 Å². The molecule has 1 aliphatic rings. The third-order valence-electron chi connectivity index (χ3n) is 4.26. The van der Waals surface area contributed by atoms with Gasteiger partial charge in [0.15, 0.2) is 0 Å². The van der Waals surface area contributed by atoms with Crippen LogP contribution in [0.15, 0.2) is 53.7 Å². The van der Waals surface area contributed by atoms with Crippen LogP contribution in [0.4, 0.5) is 18.9 Å². The summed E-state index contributed by atoms with van der Waals surface area (Å²) in [5.41, 5.74) is -1.18. The zero-order valence-electron chi connectivity index (χ0n) is 13.8. The minimum absolute atomic E-state index is 0.167. The summed E-state index contributed by atoms with van der Waals surface area (Å²) in [7, 11) is 0. The van der Waals surface area contributed by atoms with Crippen LogP contribution >= 0.6 is 0 Å². The summed E-state index contributed by atoms with van der Waals surface area (Å²) in [4.78, 5) is 17.2. The molecule has 0 spiro atoms. The maximum absolute atomic E-state index is 13.4. The number of fused-ring (bicyclic) bond motifs is 1. The Morgan fingerprint density at radius 2 is 1.96 bits per heavy atom. The molecule has 0 saturated heterocycles. The van der Waals surface area contributed by atoms with E-state index in [0.29, 0.717) is 11.5 Å². The summed E-state index contributed by atoms with van der Waals surface area (Å²) in [5.74, 6) is 1.06. The second-order valence-electron chi connectivity index (χ2n) is 6.00. The van der Waals surface area contributed by atoms with Gasteiger partial charge >= 0.3 is 6.18 Å². The molecule has 0 aliphatic carbocycles. The number of nitrogens with one attached hydrogen (secondary N) is 1. The molecule has 0 radical (unpaired) electrons. The van der Waals surface area contributed by atoms with E-state index >= 15 is 0 Å². The molecule has 0 unspecified atom stereocenters. The first-order chi connectivity index (χ1) is 12.9. The molecule has 1 aromatic carbocycles. The summed E-state index contributed by atoms with van der Waals surface area (Å²) < 4.78 is 45.9. The minimum atomic E-state index is -4.78. The predicted molar refractivity (Wildman–Crippen MR) is 90.5 cm³/mol. The van der Waals surface area contributed by atoms with Crippen LogP contribution in [0.5, 0.6) is 11.5 Å². The van der Waals surface area contributed by atoms with Crippen molar-refractivity contribution in [2.45, 2.75) is 19.3 Å². The number of nitrogens with zero attached hydrogens (tertiary/aromatic N) is 3. The first-order valence-electron chi connectivity index (χ1n) is 8.02. The van der Waals surface area contributed by atoms with E-state index in [9.17, 15) is 18.0 Å².